The first-order chi connectivity index (χ1) is 8.61. The molecule has 0 radical (unpaired) electrons. The van der Waals surface area contributed by atoms with Gasteiger partial charge >= 0.3 is 5.97 Å². The molecule has 4 heteroatoms. The Kier molecular flexibility index (Phi) is 3.65. The monoisotopic (exact) mass is 261 g/mol. The first kappa shape index (κ1) is 12.6. The van der Waals surface area contributed by atoms with Gasteiger partial charge in [-0.3, -0.25) is 0 Å². The molecule has 3 N–H and O–H groups in total. The molecule has 0 saturated heterocycles. The Bertz CT molecular complexity index is 579. The molecule has 18 heavy (non-hydrogen) atoms. The molecule has 0 heterocycles. The average molecular weight is 262 g/mol. The molecule has 2 aromatic rings. The number of carbonyl (C=O) groups is 1. The van der Waals surface area contributed by atoms with Crippen LogP contribution in [0.3, 0.4) is 0 Å². The summed E-state index contributed by atoms with van der Waals surface area (Å²) in [6.07, 6.45) is 0. The van der Waals surface area contributed by atoms with E-state index < -0.39 is 5.97 Å². The molecule has 0 spiro atoms. The molecule has 3 nitrogen and oxygen atoms in total. The highest BCUT2D eigenvalue weighted by Gasteiger charge is 2.09. The summed E-state index contributed by atoms with van der Waals surface area (Å²) >= 11 is 5.93. The molecule has 0 atom stereocenters. The molecule has 0 saturated carbocycles. The van der Waals surface area contributed by atoms with Crippen LogP contribution in [0.2, 0.25) is 5.02 Å². The van der Waals surface area contributed by atoms with Crippen LogP contribution in [0.1, 0.15) is 15.9 Å². The number of carboxylic acid groups (broad SMARTS) is 1. The first-order valence-corrected chi connectivity index (χ1v) is 5.82. The van der Waals surface area contributed by atoms with Crippen molar-refractivity contribution in [1.82, 2.24) is 0 Å². The van der Waals surface area contributed by atoms with Crippen molar-refractivity contribution in [3.05, 3.63) is 58.6 Å². The maximum Gasteiger partial charge on any atom is 0.337 e. The van der Waals surface area contributed by atoms with Crippen molar-refractivity contribution in [3.8, 4) is 11.1 Å². The molecule has 0 aliphatic rings. The lowest BCUT2D eigenvalue weighted by molar-refractivity contribution is 0.0697. The van der Waals surface area contributed by atoms with E-state index in [4.69, 9.17) is 22.4 Å². The van der Waals surface area contributed by atoms with E-state index in [-0.39, 0.29) is 10.6 Å². The number of carboxylic acids is 1. The van der Waals surface area contributed by atoms with Crippen molar-refractivity contribution in [2.45, 2.75) is 6.54 Å². The summed E-state index contributed by atoms with van der Waals surface area (Å²) in [6, 6.07) is 12.7. The van der Waals surface area contributed by atoms with Gasteiger partial charge in [0.1, 0.15) is 0 Å². The predicted molar refractivity (Wildman–Crippen MR) is 71.7 cm³/mol. The predicted octanol–water partition coefficient (Wildman–Crippen LogP) is 3.16. The summed E-state index contributed by atoms with van der Waals surface area (Å²) in [6.45, 7) is 0.499. The average Bonchev–Trinajstić information content (AvgIpc) is 2.38. The lowest BCUT2D eigenvalue weighted by Gasteiger charge is -2.05. The normalized spacial score (nSPS) is 10.3. The van der Waals surface area contributed by atoms with Crippen molar-refractivity contribution in [2.75, 3.05) is 0 Å². The van der Waals surface area contributed by atoms with E-state index in [1.165, 1.54) is 6.07 Å². The van der Waals surface area contributed by atoms with Gasteiger partial charge in [0.05, 0.1) is 10.6 Å². The van der Waals surface area contributed by atoms with E-state index in [1.807, 2.05) is 24.3 Å². The lowest BCUT2D eigenvalue weighted by atomic mass is 10.0. The fourth-order valence-electron chi connectivity index (χ4n) is 1.70. The van der Waals surface area contributed by atoms with Gasteiger partial charge in [-0.25, -0.2) is 4.79 Å². The van der Waals surface area contributed by atoms with Crippen LogP contribution in [0.5, 0.6) is 0 Å². The Balaban J connectivity index is 2.39. The highest BCUT2D eigenvalue weighted by molar-refractivity contribution is 6.33. The summed E-state index contributed by atoms with van der Waals surface area (Å²) in [4.78, 5) is 10.9. The van der Waals surface area contributed by atoms with E-state index in [9.17, 15) is 4.79 Å². The zero-order valence-electron chi connectivity index (χ0n) is 9.56. The first-order valence-electron chi connectivity index (χ1n) is 5.44. The summed E-state index contributed by atoms with van der Waals surface area (Å²) in [5, 5.41) is 9.14. The highest BCUT2D eigenvalue weighted by Crippen LogP contribution is 2.26. The molecule has 0 aliphatic carbocycles. The number of hydrogen-bond acceptors (Lipinski definition) is 2. The SMILES string of the molecule is NCc1ccc(-c2ccc(C(=O)O)c(Cl)c2)cc1. The smallest absolute Gasteiger partial charge is 0.337 e. The van der Waals surface area contributed by atoms with Crippen LogP contribution in [0.25, 0.3) is 11.1 Å². The number of hydrogen-bond donors (Lipinski definition) is 2. The van der Waals surface area contributed by atoms with E-state index >= 15 is 0 Å². The van der Waals surface area contributed by atoms with Crippen LogP contribution in [0.15, 0.2) is 42.5 Å². The van der Waals surface area contributed by atoms with Crippen LogP contribution in [-0.2, 0) is 6.54 Å². The van der Waals surface area contributed by atoms with E-state index in [0.717, 1.165) is 16.7 Å². The van der Waals surface area contributed by atoms with E-state index in [2.05, 4.69) is 0 Å². The van der Waals surface area contributed by atoms with Gasteiger partial charge in [-0.15, -0.1) is 0 Å². The standard InChI is InChI=1S/C14H12ClNO2/c15-13-7-11(5-6-12(13)14(17)18)10-3-1-9(8-16)2-4-10/h1-7H,8,16H2,(H,17,18). The maximum absolute atomic E-state index is 10.9. The largest absolute Gasteiger partial charge is 0.478 e. The van der Waals surface area contributed by atoms with Gasteiger partial charge in [-0.2, -0.15) is 0 Å². The third-order valence-corrected chi connectivity index (χ3v) is 3.04. The molecule has 0 bridgehead atoms. The summed E-state index contributed by atoms with van der Waals surface area (Å²) in [5.41, 5.74) is 8.55. The Morgan fingerprint density at radius 1 is 1.11 bits per heavy atom. The van der Waals surface area contributed by atoms with Gasteiger partial charge in [-0.1, -0.05) is 41.9 Å². The van der Waals surface area contributed by atoms with Gasteiger partial charge in [0, 0.05) is 6.54 Å². The fourth-order valence-corrected chi connectivity index (χ4v) is 1.96. The van der Waals surface area contributed by atoms with Crippen LogP contribution < -0.4 is 5.73 Å². The number of nitrogens with two attached hydrogens (primary N) is 1. The highest BCUT2D eigenvalue weighted by atomic mass is 35.5. The van der Waals surface area contributed by atoms with E-state index in [0.29, 0.717) is 6.54 Å². The fraction of sp³-hybridized carbons (Fsp3) is 0.0714. The van der Waals surface area contributed by atoms with Gasteiger partial charge in [0.2, 0.25) is 0 Å². The number of rotatable bonds is 3. The molecule has 0 aliphatic heterocycles. The van der Waals surface area contributed by atoms with Gasteiger partial charge in [0.25, 0.3) is 0 Å². The van der Waals surface area contributed by atoms with Crippen LogP contribution in [0, 0.1) is 0 Å². The minimum absolute atomic E-state index is 0.110. The molecule has 0 aromatic heterocycles. The van der Waals surface area contributed by atoms with Crippen LogP contribution in [0.4, 0.5) is 0 Å². The minimum Gasteiger partial charge on any atom is -0.478 e. The van der Waals surface area contributed by atoms with Crippen molar-refractivity contribution >= 4 is 17.6 Å². The summed E-state index contributed by atoms with van der Waals surface area (Å²) < 4.78 is 0. The van der Waals surface area contributed by atoms with Gasteiger partial charge in [-0.05, 0) is 28.8 Å². The Hall–Kier alpha value is -1.84. The Morgan fingerprint density at radius 2 is 1.72 bits per heavy atom. The van der Waals surface area contributed by atoms with Crippen molar-refractivity contribution in [1.29, 1.82) is 0 Å². The summed E-state index contributed by atoms with van der Waals surface area (Å²) in [7, 11) is 0. The second-order valence-electron chi connectivity index (χ2n) is 3.90. The molecular weight excluding hydrogens is 250 g/mol. The third-order valence-electron chi connectivity index (χ3n) is 2.72. The number of aromatic carboxylic acids is 1. The van der Waals surface area contributed by atoms with Crippen LogP contribution in [-0.4, -0.2) is 11.1 Å². The number of benzene rings is 2. The zero-order valence-corrected chi connectivity index (χ0v) is 10.3. The summed E-state index contributed by atoms with van der Waals surface area (Å²) in [5.74, 6) is -1.02. The molecule has 2 rings (SSSR count). The second-order valence-corrected chi connectivity index (χ2v) is 4.31. The molecule has 0 amide bonds. The molecule has 2 aromatic carbocycles. The maximum atomic E-state index is 10.9. The van der Waals surface area contributed by atoms with Crippen molar-refractivity contribution in [2.24, 2.45) is 5.73 Å². The quantitative estimate of drug-likeness (QED) is 0.892. The van der Waals surface area contributed by atoms with Gasteiger partial charge in [0.15, 0.2) is 0 Å². The Labute approximate surface area is 110 Å². The Morgan fingerprint density at radius 3 is 2.22 bits per heavy atom. The topological polar surface area (TPSA) is 63.3 Å². The van der Waals surface area contributed by atoms with Crippen molar-refractivity contribution in [3.63, 3.8) is 0 Å². The molecule has 0 unspecified atom stereocenters. The van der Waals surface area contributed by atoms with E-state index in [1.54, 1.807) is 12.1 Å². The number of halogens is 1. The zero-order chi connectivity index (χ0) is 13.1. The third kappa shape index (κ3) is 2.53. The second kappa shape index (κ2) is 5.21. The van der Waals surface area contributed by atoms with Gasteiger partial charge < -0.3 is 10.8 Å². The van der Waals surface area contributed by atoms with Crippen molar-refractivity contribution < 1.29 is 9.90 Å². The molecule has 92 valence electrons. The molecular formula is C14H12ClNO2. The molecule has 0 fully saturated rings. The van der Waals surface area contributed by atoms with Crippen LogP contribution >= 0.6 is 11.6 Å². The minimum atomic E-state index is -1.02. The lowest BCUT2D eigenvalue weighted by Crippen LogP contribution is -1.97.